The first kappa shape index (κ1) is 15.3. The molecule has 4 heteroatoms. The molecule has 0 saturated carbocycles. The van der Waals surface area contributed by atoms with Crippen LogP contribution < -0.4 is 0 Å². The lowest BCUT2D eigenvalue weighted by Gasteiger charge is -2.06. The van der Waals surface area contributed by atoms with E-state index < -0.39 is 0 Å². The van der Waals surface area contributed by atoms with Crippen molar-refractivity contribution in [2.75, 3.05) is 0 Å². The summed E-state index contributed by atoms with van der Waals surface area (Å²) >= 11 is 11.6. The Morgan fingerprint density at radius 2 is 1.83 bits per heavy atom. The van der Waals surface area contributed by atoms with Gasteiger partial charge in [-0.25, -0.2) is 0 Å². The maximum atomic E-state index is 11.9. The van der Waals surface area contributed by atoms with Crippen LogP contribution in [0.1, 0.15) is 55.8 Å². The maximum absolute atomic E-state index is 11.9. The number of carbonyl (C=O) groups excluding carboxylic acids is 1. The van der Waals surface area contributed by atoms with Gasteiger partial charge in [0.1, 0.15) is 5.75 Å². The molecule has 18 heavy (non-hydrogen) atoms. The molecule has 0 aliphatic carbocycles. The van der Waals surface area contributed by atoms with Crippen LogP contribution in [0.4, 0.5) is 0 Å². The molecule has 0 bridgehead atoms. The van der Waals surface area contributed by atoms with Crippen molar-refractivity contribution < 1.29 is 9.90 Å². The lowest BCUT2D eigenvalue weighted by atomic mass is 10.0. The summed E-state index contributed by atoms with van der Waals surface area (Å²) in [6, 6.07) is 2.90. The maximum Gasteiger partial charge on any atom is 0.166 e. The van der Waals surface area contributed by atoms with E-state index in [1.54, 1.807) is 0 Å². The zero-order valence-corrected chi connectivity index (χ0v) is 12.0. The number of unbranched alkanes of at least 4 members (excludes halogenated alkanes) is 4. The number of ketones is 1. The van der Waals surface area contributed by atoms with Crippen molar-refractivity contribution in [2.24, 2.45) is 0 Å². The number of phenols is 1. The molecule has 0 aromatic heterocycles. The highest BCUT2D eigenvalue weighted by atomic mass is 35.5. The van der Waals surface area contributed by atoms with Crippen molar-refractivity contribution in [1.29, 1.82) is 0 Å². The number of hydrogen-bond donors (Lipinski definition) is 1. The second-order valence-electron chi connectivity index (χ2n) is 4.37. The standard InChI is InChI=1S/C14H18Cl2O2/c1-2-3-4-5-6-7-13(17)11-8-10(15)9-12(16)14(11)18/h8-9,18H,2-7H2,1H3. The van der Waals surface area contributed by atoms with Crippen LogP contribution in [0.2, 0.25) is 10.0 Å². The van der Waals surface area contributed by atoms with Crippen LogP contribution >= 0.6 is 23.2 Å². The van der Waals surface area contributed by atoms with Gasteiger partial charge in [0.05, 0.1) is 10.6 Å². The third-order valence-corrected chi connectivity index (χ3v) is 3.34. The Labute approximate surface area is 118 Å². The Hall–Kier alpha value is -0.730. The molecule has 0 saturated heterocycles. The fraction of sp³-hybridized carbons (Fsp3) is 0.500. The zero-order chi connectivity index (χ0) is 13.5. The van der Waals surface area contributed by atoms with Gasteiger partial charge in [-0.2, -0.15) is 0 Å². The molecule has 1 N–H and O–H groups in total. The van der Waals surface area contributed by atoms with Crippen molar-refractivity contribution in [3.05, 3.63) is 27.7 Å². The third-order valence-electron chi connectivity index (χ3n) is 2.84. The molecular formula is C14H18Cl2O2. The van der Waals surface area contributed by atoms with Crippen LogP contribution in [-0.4, -0.2) is 10.9 Å². The minimum absolute atomic E-state index is 0.103. The highest BCUT2D eigenvalue weighted by molar-refractivity contribution is 6.36. The van der Waals surface area contributed by atoms with Crippen molar-refractivity contribution in [1.82, 2.24) is 0 Å². The van der Waals surface area contributed by atoms with E-state index in [-0.39, 0.29) is 22.1 Å². The molecule has 0 spiro atoms. The summed E-state index contributed by atoms with van der Waals surface area (Å²) in [5.74, 6) is -0.270. The van der Waals surface area contributed by atoms with Gasteiger partial charge in [0, 0.05) is 11.4 Å². The average molecular weight is 289 g/mol. The smallest absolute Gasteiger partial charge is 0.166 e. The SMILES string of the molecule is CCCCCCCC(=O)c1cc(Cl)cc(Cl)c1O. The molecule has 0 aliphatic rings. The molecule has 0 unspecified atom stereocenters. The lowest BCUT2D eigenvalue weighted by molar-refractivity contribution is 0.0976. The van der Waals surface area contributed by atoms with E-state index in [0.29, 0.717) is 11.4 Å². The van der Waals surface area contributed by atoms with Crippen LogP contribution in [0.5, 0.6) is 5.75 Å². The van der Waals surface area contributed by atoms with Crippen molar-refractivity contribution >= 4 is 29.0 Å². The number of halogens is 2. The monoisotopic (exact) mass is 288 g/mol. The van der Waals surface area contributed by atoms with E-state index in [0.717, 1.165) is 19.3 Å². The Morgan fingerprint density at radius 3 is 2.50 bits per heavy atom. The molecule has 100 valence electrons. The average Bonchev–Trinajstić information content (AvgIpc) is 2.33. The van der Waals surface area contributed by atoms with Gasteiger partial charge in [0.25, 0.3) is 0 Å². The zero-order valence-electron chi connectivity index (χ0n) is 10.5. The summed E-state index contributed by atoms with van der Waals surface area (Å²) < 4.78 is 0. The molecule has 0 heterocycles. The number of Topliss-reactive ketones (excluding diaryl/α,β-unsaturated/α-hetero) is 1. The number of phenolic OH excluding ortho intramolecular Hbond substituents is 1. The summed E-state index contributed by atoms with van der Waals surface area (Å²) in [6.45, 7) is 2.15. The lowest BCUT2D eigenvalue weighted by Crippen LogP contribution is -2.00. The van der Waals surface area contributed by atoms with E-state index in [9.17, 15) is 9.90 Å². The second-order valence-corrected chi connectivity index (χ2v) is 5.21. The molecule has 0 amide bonds. The molecule has 0 atom stereocenters. The van der Waals surface area contributed by atoms with Crippen LogP contribution in [-0.2, 0) is 0 Å². The summed E-state index contributed by atoms with van der Waals surface area (Å²) in [5.41, 5.74) is 0.225. The molecule has 0 radical (unpaired) electrons. The molecule has 0 fully saturated rings. The summed E-state index contributed by atoms with van der Waals surface area (Å²) in [6.07, 6.45) is 5.82. The first-order valence-electron chi connectivity index (χ1n) is 6.27. The second kappa shape index (κ2) is 7.65. The predicted molar refractivity (Wildman–Crippen MR) is 75.8 cm³/mol. The van der Waals surface area contributed by atoms with E-state index in [1.807, 2.05) is 0 Å². The van der Waals surface area contributed by atoms with Crippen LogP contribution in [0.15, 0.2) is 12.1 Å². The topological polar surface area (TPSA) is 37.3 Å². The Balaban J connectivity index is 2.56. The predicted octanol–water partition coefficient (Wildman–Crippen LogP) is 5.24. The van der Waals surface area contributed by atoms with Gasteiger partial charge in [-0.15, -0.1) is 0 Å². The van der Waals surface area contributed by atoms with Crippen LogP contribution in [0.25, 0.3) is 0 Å². The van der Waals surface area contributed by atoms with Gasteiger partial charge in [0.15, 0.2) is 5.78 Å². The van der Waals surface area contributed by atoms with E-state index in [2.05, 4.69) is 6.92 Å². The Morgan fingerprint density at radius 1 is 1.17 bits per heavy atom. The van der Waals surface area contributed by atoms with Gasteiger partial charge in [-0.05, 0) is 18.6 Å². The van der Waals surface area contributed by atoms with Crippen molar-refractivity contribution in [3.63, 3.8) is 0 Å². The minimum Gasteiger partial charge on any atom is -0.506 e. The molecule has 1 rings (SSSR count). The number of hydrogen-bond acceptors (Lipinski definition) is 2. The van der Waals surface area contributed by atoms with Gasteiger partial charge in [-0.3, -0.25) is 4.79 Å². The van der Waals surface area contributed by atoms with Crippen molar-refractivity contribution in [3.8, 4) is 5.75 Å². The highest BCUT2D eigenvalue weighted by Gasteiger charge is 2.14. The van der Waals surface area contributed by atoms with Gasteiger partial charge in [-0.1, -0.05) is 55.8 Å². The van der Waals surface area contributed by atoms with Gasteiger partial charge in [0.2, 0.25) is 0 Å². The van der Waals surface area contributed by atoms with E-state index in [1.165, 1.54) is 25.0 Å². The molecule has 1 aromatic carbocycles. The highest BCUT2D eigenvalue weighted by Crippen LogP contribution is 2.32. The number of carbonyl (C=O) groups is 1. The Bertz CT molecular complexity index is 417. The molecule has 0 aliphatic heterocycles. The summed E-state index contributed by atoms with van der Waals surface area (Å²) in [4.78, 5) is 11.9. The van der Waals surface area contributed by atoms with Crippen LogP contribution in [0, 0.1) is 0 Å². The number of aromatic hydroxyl groups is 1. The fourth-order valence-corrected chi connectivity index (χ4v) is 2.30. The van der Waals surface area contributed by atoms with Crippen molar-refractivity contribution in [2.45, 2.75) is 45.4 Å². The first-order chi connectivity index (χ1) is 8.56. The molecule has 2 nitrogen and oxygen atoms in total. The number of rotatable bonds is 7. The minimum atomic E-state index is -0.167. The normalized spacial score (nSPS) is 10.6. The van der Waals surface area contributed by atoms with E-state index in [4.69, 9.17) is 23.2 Å². The van der Waals surface area contributed by atoms with Gasteiger partial charge < -0.3 is 5.11 Å². The quantitative estimate of drug-likeness (QED) is 0.550. The van der Waals surface area contributed by atoms with Crippen LogP contribution in [0.3, 0.4) is 0 Å². The largest absolute Gasteiger partial charge is 0.506 e. The van der Waals surface area contributed by atoms with E-state index >= 15 is 0 Å². The number of benzene rings is 1. The third kappa shape index (κ3) is 4.51. The molecule has 1 aromatic rings. The molecular weight excluding hydrogens is 271 g/mol. The first-order valence-corrected chi connectivity index (χ1v) is 7.03. The van der Waals surface area contributed by atoms with Gasteiger partial charge >= 0.3 is 0 Å². The summed E-state index contributed by atoms with van der Waals surface area (Å²) in [7, 11) is 0. The Kier molecular flexibility index (Phi) is 6.51. The summed E-state index contributed by atoms with van der Waals surface area (Å²) in [5, 5.41) is 10.2. The fourth-order valence-electron chi connectivity index (χ4n) is 1.80.